The lowest BCUT2D eigenvalue weighted by atomic mass is 10.1. The maximum Gasteiger partial charge on any atom is 0.264 e. The highest BCUT2D eigenvalue weighted by Crippen LogP contribution is 2.25. The third-order valence-corrected chi connectivity index (χ3v) is 7.18. The van der Waals surface area contributed by atoms with Crippen molar-refractivity contribution in [3.8, 4) is 5.75 Å². The van der Waals surface area contributed by atoms with Crippen LogP contribution in [0.1, 0.15) is 37.9 Å². The normalized spacial score (nSPS) is 12.1. The first-order valence-corrected chi connectivity index (χ1v) is 12.6. The zero-order valence-electron chi connectivity index (χ0n) is 19.5. The molecule has 6 nitrogen and oxygen atoms in total. The van der Waals surface area contributed by atoms with Gasteiger partial charge in [-0.1, -0.05) is 31.2 Å². The second-order valence-corrected chi connectivity index (χ2v) is 9.64. The van der Waals surface area contributed by atoms with Gasteiger partial charge in [-0.25, -0.2) is 12.8 Å². The number of benzene rings is 3. The highest BCUT2D eigenvalue weighted by Gasteiger charge is 2.28. The van der Waals surface area contributed by atoms with Gasteiger partial charge in [0.1, 0.15) is 18.1 Å². The van der Waals surface area contributed by atoms with Gasteiger partial charge in [-0.15, -0.1) is 0 Å². The molecule has 0 aliphatic heterocycles. The molecule has 0 unspecified atom stereocenters. The molecule has 1 amide bonds. The predicted octanol–water partition coefficient (Wildman–Crippen LogP) is 4.86. The summed E-state index contributed by atoms with van der Waals surface area (Å²) >= 11 is 0. The van der Waals surface area contributed by atoms with E-state index in [1.54, 1.807) is 12.1 Å². The van der Waals surface area contributed by atoms with E-state index >= 15 is 0 Å². The molecule has 1 N–H and O–H groups in total. The van der Waals surface area contributed by atoms with Crippen LogP contribution in [0.25, 0.3) is 0 Å². The van der Waals surface area contributed by atoms with Crippen molar-refractivity contribution in [2.75, 3.05) is 17.5 Å². The molecular formula is C26H29FN2O4S. The molecule has 3 aromatic carbocycles. The number of aryl methyl sites for hydroxylation is 1. The van der Waals surface area contributed by atoms with Crippen molar-refractivity contribution < 1.29 is 22.3 Å². The Morgan fingerprint density at radius 3 is 2.15 bits per heavy atom. The highest BCUT2D eigenvalue weighted by atomic mass is 32.2. The number of rotatable bonds is 10. The van der Waals surface area contributed by atoms with Crippen molar-refractivity contribution in [2.24, 2.45) is 0 Å². The summed E-state index contributed by atoms with van der Waals surface area (Å²) in [6.45, 7) is 5.72. The second kappa shape index (κ2) is 11.2. The molecular weight excluding hydrogens is 455 g/mol. The fourth-order valence-corrected chi connectivity index (χ4v) is 4.89. The molecule has 0 saturated carbocycles. The van der Waals surface area contributed by atoms with Crippen LogP contribution in [0.15, 0.2) is 77.7 Å². The molecule has 0 aromatic heterocycles. The van der Waals surface area contributed by atoms with Crippen molar-refractivity contribution in [3.63, 3.8) is 0 Å². The van der Waals surface area contributed by atoms with Crippen LogP contribution in [-0.4, -0.2) is 27.5 Å². The number of ether oxygens (including phenoxy) is 1. The van der Waals surface area contributed by atoms with Gasteiger partial charge in [-0.3, -0.25) is 9.10 Å². The van der Waals surface area contributed by atoms with Gasteiger partial charge in [0.05, 0.1) is 23.2 Å². The lowest BCUT2D eigenvalue weighted by Gasteiger charge is -2.25. The third-order valence-electron chi connectivity index (χ3n) is 5.39. The van der Waals surface area contributed by atoms with E-state index in [0.717, 1.165) is 28.4 Å². The number of halogens is 1. The van der Waals surface area contributed by atoms with E-state index in [0.29, 0.717) is 12.4 Å². The van der Waals surface area contributed by atoms with Crippen LogP contribution >= 0.6 is 0 Å². The summed E-state index contributed by atoms with van der Waals surface area (Å²) in [5.74, 6) is -0.447. The summed E-state index contributed by atoms with van der Waals surface area (Å²) in [4.78, 5) is 12.9. The number of anilines is 1. The third kappa shape index (κ3) is 6.14. The lowest BCUT2D eigenvalue weighted by molar-refractivity contribution is -0.120. The maximum absolute atomic E-state index is 13.5. The number of hydrogen-bond acceptors (Lipinski definition) is 4. The molecule has 1 atom stereocenters. The van der Waals surface area contributed by atoms with Crippen molar-refractivity contribution >= 4 is 21.6 Å². The molecule has 0 heterocycles. The summed E-state index contributed by atoms with van der Waals surface area (Å²) in [6, 6.07) is 18.5. The van der Waals surface area contributed by atoms with Gasteiger partial charge in [-0.2, -0.15) is 0 Å². The van der Waals surface area contributed by atoms with E-state index in [2.05, 4.69) is 12.2 Å². The molecule has 8 heteroatoms. The van der Waals surface area contributed by atoms with Gasteiger partial charge in [0, 0.05) is 0 Å². The number of nitrogens with zero attached hydrogens (tertiary/aromatic N) is 1. The minimum absolute atomic E-state index is 0.00344. The molecule has 0 radical (unpaired) electrons. The minimum atomic E-state index is -4.11. The molecule has 0 spiro atoms. The molecule has 0 fully saturated rings. The van der Waals surface area contributed by atoms with Gasteiger partial charge in [0.15, 0.2) is 0 Å². The zero-order valence-corrected chi connectivity index (χ0v) is 20.3. The first-order chi connectivity index (χ1) is 16.2. The standard InChI is InChI=1S/C26H29FN2O4S/c1-4-20-6-8-21(9-7-20)19(3)28-26(30)18-29(23-12-10-22(27)11-13-23)34(31,32)25-16-14-24(15-17-25)33-5-2/h6-17,19H,4-5,18H2,1-3H3,(H,28,30)/t19-/m1/s1. The van der Waals surface area contributed by atoms with Gasteiger partial charge in [0.2, 0.25) is 5.91 Å². The van der Waals surface area contributed by atoms with Gasteiger partial charge >= 0.3 is 0 Å². The fraction of sp³-hybridized carbons (Fsp3) is 0.269. The average molecular weight is 485 g/mol. The first-order valence-electron chi connectivity index (χ1n) is 11.1. The number of sulfonamides is 1. The van der Waals surface area contributed by atoms with Crippen LogP contribution in [0.2, 0.25) is 0 Å². The molecule has 3 aromatic rings. The summed E-state index contributed by atoms with van der Waals surface area (Å²) in [6.07, 6.45) is 0.914. The van der Waals surface area contributed by atoms with Gasteiger partial charge in [0.25, 0.3) is 10.0 Å². The summed E-state index contributed by atoms with van der Waals surface area (Å²) < 4.78 is 46.8. The molecule has 0 saturated heterocycles. The second-order valence-electron chi connectivity index (χ2n) is 7.78. The Kier molecular flexibility index (Phi) is 8.28. The van der Waals surface area contributed by atoms with Crippen molar-refractivity contribution in [1.29, 1.82) is 0 Å². The Bertz CT molecular complexity index is 1200. The molecule has 34 heavy (non-hydrogen) atoms. The number of carbonyl (C=O) groups is 1. The van der Waals surface area contributed by atoms with E-state index < -0.39 is 28.3 Å². The maximum atomic E-state index is 13.5. The van der Waals surface area contributed by atoms with Crippen LogP contribution in [0, 0.1) is 5.82 Å². The van der Waals surface area contributed by atoms with Crippen molar-refractivity contribution in [3.05, 3.63) is 89.7 Å². The highest BCUT2D eigenvalue weighted by molar-refractivity contribution is 7.92. The van der Waals surface area contributed by atoms with E-state index in [9.17, 15) is 17.6 Å². The minimum Gasteiger partial charge on any atom is -0.494 e. The van der Waals surface area contributed by atoms with Crippen LogP contribution in [-0.2, 0) is 21.2 Å². The Hall–Kier alpha value is -3.39. The average Bonchev–Trinajstić information content (AvgIpc) is 2.83. The zero-order chi connectivity index (χ0) is 24.7. The van der Waals surface area contributed by atoms with E-state index in [1.165, 1.54) is 29.8 Å². The summed E-state index contributed by atoms with van der Waals surface area (Å²) in [7, 11) is -4.11. The number of hydrogen-bond donors (Lipinski definition) is 1. The number of amides is 1. The van der Waals surface area contributed by atoms with Crippen LogP contribution in [0.3, 0.4) is 0 Å². The van der Waals surface area contributed by atoms with Gasteiger partial charge < -0.3 is 10.1 Å². The predicted molar refractivity (Wildman–Crippen MR) is 131 cm³/mol. The molecule has 0 aliphatic rings. The molecule has 0 bridgehead atoms. The topological polar surface area (TPSA) is 75.7 Å². The molecule has 0 aliphatic carbocycles. The monoisotopic (exact) mass is 484 g/mol. The van der Waals surface area contributed by atoms with Crippen LogP contribution in [0.5, 0.6) is 5.75 Å². The van der Waals surface area contributed by atoms with E-state index in [-0.39, 0.29) is 16.6 Å². The number of nitrogens with one attached hydrogen (secondary N) is 1. The fourth-order valence-electron chi connectivity index (χ4n) is 3.47. The Labute approximate surface area is 200 Å². The Morgan fingerprint density at radius 1 is 0.971 bits per heavy atom. The molecule has 180 valence electrons. The van der Waals surface area contributed by atoms with Gasteiger partial charge in [-0.05, 0) is 79.9 Å². The van der Waals surface area contributed by atoms with Crippen LogP contribution in [0.4, 0.5) is 10.1 Å². The lowest BCUT2D eigenvalue weighted by Crippen LogP contribution is -2.41. The summed E-state index contributed by atoms with van der Waals surface area (Å²) in [5.41, 5.74) is 2.28. The quantitative estimate of drug-likeness (QED) is 0.446. The van der Waals surface area contributed by atoms with E-state index in [1.807, 2.05) is 38.1 Å². The van der Waals surface area contributed by atoms with E-state index in [4.69, 9.17) is 4.74 Å². The summed E-state index contributed by atoms with van der Waals surface area (Å²) in [5, 5.41) is 2.86. The van der Waals surface area contributed by atoms with Crippen molar-refractivity contribution in [1.82, 2.24) is 5.32 Å². The molecule has 3 rings (SSSR count). The largest absolute Gasteiger partial charge is 0.494 e. The SMILES string of the molecule is CCOc1ccc(S(=O)(=O)N(CC(=O)N[C@H](C)c2ccc(CC)cc2)c2ccc(F)cc2)cc1. The first kappa shape index (κ1) is 25.2. The smallest absolute Gasteiger partial charge is 0.264 e. The van der Waals surface area contributed by atoms with Crippen molar-refractivity contribution in [2.45, 2.75) is 38.1 Å². The van der Waals surface area contributed by atoms with Crippen LogP contribution < -0.4 is 14.4 Å². The Morgan fingerprint density at radius 2 is 1.59 bits per heavy atom. The number of carbonyl (C=O) groups excluding carboxylic acids is 1. The Balaban J connectivity index is 1.85.